The van der Waals surface area contributed by atoms with Gasteiger partial charge >= 0.3 is 0 Å². The van der Waals surface area contributed by atoms with Gasteiger partial charge in [-0.25, -0.2) is 13.1 Å². The quantitative estimate of drug-likeness (QED) is 0.839. The maximum absolute atomic E-state index is 12.5. The first kappa shape index (κ1) is 17.6. The Bertz CT molecular complexity index is 753. The van der Waals surface area contributed by atoms with E-state index < -0.39 is 16.1 Å². The molecule has 1 unspecified atom stereocenters. The second-order valence-electron chi connectivity index (χ2n) is 6.14. The molecule has 1 aromatic heterocycles. The molecule has 23 heavy (non-hydrogen) atoms. The van der Waals surface area contributed by atoms with Gasteiger partial charge in [0.25, 0.3) is 0 Å². The van der Waals surface area contributed by atoms with E-state index in [0.717, 1.165) is 11.1 Å². The van der Waals surface area contributed by atoms with Crippen molar-refractivity contribution in [2.45, 2.75) is 45.9 Å². The average Bonchev–Trinajstić information content (AvgIpc) is 2.86. The van der Waals surface area contributed by atoms with Gasteiger partial charge in [-0.2, -0.15) is 0 Å². The van der Waals surface area contributed by atoms with Crippen LogP contribution in [-0.4, -0.2) is 18.6 Å². The molecule has 1 aromatic carbocycles. The third-order valence-corrected chi connectivity index (χ3v) is 4.81. The van der Waals surface area contributed by atoms with Gasteiger partial charge in [0.2, 0.25) is 21.8 Å². The third-order valence-electron chi connectivity index (χ3n) is 3.48. The number of hydrogen-bond donors (Lipinski definition) is 1. The number of nitrogens with one attached hydrogen (secondary N) is 1. The number of aromatic nitrogens is 2. The number of benzene rings is 1. The monoisotopic (exact) mass is 337 g/mol. The predicted octanol–water partition coefficient (Wildman–Crippen LogP) is 2.89. The molecule has 7 heteroatoms. The molecule has 1 N–H and O–H groups in total. The molecule has 0 amide bonds. The zero-order valence-corrected chi connectivity index (χ0v) is 14.7. The molecule has 126 valence electrons. The standard InChI is InChI=1S/C16H23N3O3S/c1-11(2)9-15(16-18-17-13(4)22-16)19-23(20,21)10-14-8-6-5-7-12(14)3/h5-8,11,15,19H,9-10H2,1-4H3. The van der Waals surface area contributed by atoms with Crippen LogP contribution in [0.3, 0.4) is 0 Å². The van der Waals surface area contributed by atoms with Gasteiger partial charge in [-0.05, 0) is 30.4 Å². The molecule has 0 fully saturated rings. The van der Waals surface area contributed by atoms with Crippen LogP contribution < -0.4 is 4.72 Å². The van der Waals surface area contributed by atoms with Gasteiger partial charge < -0.3 is 4.42 Å². The van der Waals surface area contributed by atoms with Crippen molar-refractivity contribution in [3.63, 3.8) is 0 Å². The summed E-state index contributed by atoms with van der Waals surface area (Å²) in [7, 11) is -3.52. The SMILES string of the molecule is Cc1nnc(C(CC(C)C)NS(=O)(=O)Cc2ccccc2C)o1. The maximum atomic E-state index is 12.5. The number of sulfonamides is 1. The van der Waals surface area contributed by atoms with Crippen LogP contribution in [0.15, 0.2) is 28.7 Å². The van der Waals surface area contributed by atoms with Crippen LogP contribution in [-0.2, 0) is 15.8 Å². The molecule has 0 aliphatic rings. The highest BCUT2D eigenvalue weighted by atomic mass is 32.2. The lowest BCUT2D eigenvalue weighted by Gasteiger charge is -2.17. The van der Waals surface area contributed by atoms with E-state index in [1.165, 1.54) is 0 Å². The topological polar surface area (TPSA) is 85.1 Å². The van der Waals surface area contributed by atoms with Crippen molar-refractivity contribution in [3.8, 4) is 0 Å². The number of aryl methyl sites for hydroxylation is 2. The first-order valence-corrected chi connectivity index (χ1v) is 9.26. The summed E-state index contributed by atoms with van der Waals surface area (Å²) in [6.07, 6.45) is 0.592. The van der Waals surface area contributed by atoms with E-state index in [2.05, 4.69) is 14.9 Å². The van der Waals surface area contributed by atoms with Gasteiger partial charge in [0.1, 0.15) is 6.04 Å². The van der Waals surface area contributed by atoms with Crippen molar-refractivity contribution in [1.29, 1.82) is 0 Å². The van der Waals surface area contributed by atoms with Crippen molar-refractivity contribution >= 4 is 10.0 Å². The second-order valence-corrected chi connectivity index (χ2v) is 7.90. The minimum absolute atomic E-state index is 0.0681. The largest absolute Gasteiger partial charge is 0.424 e. The Balaban J connectivity index is 2.19. The molecule has 1 atom stereocenters. The molecule has 0 saturated carbocycles. The van der Waals surface area contributed by atoms with Crippen LogP contribution in [0.25, 0.3) is 0 Å². The van der Waals surface area contributed by atoms with E-state index in [1.807, 2.05) is 45.0 Å². The van der Waals surface area contributed by atoms with Gasteiger partial charge in [0, 0.05) is 6.92 Å². The van der Waals surface area contributed by atoms with E-state index in [1.54, 1.807) is 6.92 Å². The maximum Gasteiger partial charge on any atom is 0.234 e. The van der Waals surface area contributed by atoms with Gasteiger partial charge in [0.05, 0.1) is 5.75 Å². The number of rotatable bonds is 7. The molecular formula is C16H23N3O3S. The molecule has 2 aromatic rings. The first-order valence-electron chi connectivity index (χ1n) is 7.61. The average molecular weight is 337 g/mol. The van der Waals surface area contributed by atoms with Gasteiger partial charge in [-0.3, -0.25) is 0 Å². The van der Waals surface area contributed by atoms with Gasteiger partial charge in [-0.15, -0.1) is 10.2 Å². The highest BCUT2D eigenvalue weighted by molar-refractivity contribution is 7.88. The molecular weight excluding hydrogens is 314 g/mol. The van der Waals surface area contributed by atoms with Crippen LogP contribution >= 0.6 is 0 Å². The molecule has 0 aliphatic carbocycles. The van der Waals surface area contributed by atoms with Crippen molar-refractivity contribution in [3.05, 3.63) is 47.2 Å². The Hall–Kier alpha value is -1.73. The molecule has 6 nitrogen and oxygen atoms in total. The highest BCUT2D eigenvalue weighted by Crippen LogP contribution is 2.22. The molecule has 0 aliphatic heterocycles. The smallest absolute Gasteiger partial charge is 0.234 e. The zero-order chi connectivity index (χ0) is 17.0. The Morgan fingerprint density at radius 3 is 2.43 bits per heavy atom. The molecule has 2 rings (SSSR count). The van der Waals surface area contributed by atoms with Crippen LogP contribution in [0.1, 0.15) is 49.2 Å². The summed E-state index contributed by atoms with van der Waals surface area (Å²) in [5.74, 6) is 0.950. The van der Waals surface area contributed by atoms with Crippen molar-refractivity contribution in [2.75, 3.05) is 0 Å². The van der Waals surface area contributed by atoms with Crippen molar-refractivity contribution < 1.29 is 12.8 Å². The summed E-state index contributed by atoms with van der Waals surface area (Å²) < 4.78 is 33.2. The molecule has 1 heterocycles. The van der Waals surface area contributed by atoms with Crippen LogP contribution in [0.4, 0.5) is 0 Å². The third kappa shape index (κ3) is 5.14. The summed E-state index contributed by atoms with van der Waals surface area (Å²) in [5, 5.41) is 7.76. The van der Waals surface area contributed by atoms with E-state index in [4.69, 9.17) is 4.42 Å². The summed E-state index contributed by atoms with van der Waals surface area (Å²) in [4.78, 5) is 0. The Labute approximate surface area is 137 Å². The van der Waals surface area contributed by atoms with Crippen molar-refractivity contribution in [1.82, 2.24) is 14.9 Å². The van der Waals surface area contributed by atoms with Crippen LogP contribution in [0.2, 0.25) is 0 Å². The molecule has 0 saturated heterocycles. The Kier molecular flexibility index (Phi) is 5.54. The lowest BCUT2D eigenvalue weighted by Crippen LogP contribution is -2.31. The normalized spacial score (nSPS) is 13.4. The van der Waals surface area contributed by atoms with Crippen LogP contribution in [0.5, 0.6) is 0 Å². The summed E-state index contributed by atoms with van der Waals surface area (Å²) in [6, 6.07) is 6.94. The predicted molar refractivity (Wildman–Crippen MR) is 88.2 cm³/mol. The van der Waals surface area contributed by atoms with E-state index >= 15 is 0 Å². The number of nitrogens with zero attached hydrogens (tertiary/aromatic N) is 2. The first-order chi connectivity index (χ1) is 10.8. The summed E-state index contributed by atoms with van der Waals surface area (Å²) in [5.41, 5.74) is 1.73. The van der Waals surface area contributed by atoms with Crippen LogP contribution in [0, 0.1) is 19.8 Å². The number of hydrogen-bond acceptors (Lipinski definition) is 5. The fraction of sp³-hybridized carbons (Fsp3) is 0.500. The summed E-state index contributed by atoms with van der Waals surface area (Å²) in [6.45, 7) is 7.63. The minimum atomic E-state index is -3.52. The highest BCUT2D eigenvalue weighted by Gasteiger charge is 2.25. The minimum Gasteiger partial charge on any atom is -0.424 e. The lowest BCUT2D eigenvalue weighted by atomic mass is 10.0. The molecule has 0 bridgehead atoms. The fourth-order valence-corrected chi connectivity index (χ4v) is 3.81. The van der Waals surface area contributed by atoms with E-state index in [0.29, 0.717) is 18.2 Å². The zero-order valence-electron chi connectivity index (χ0n) is 13.9. The molecule has 0 spiro atoms. The fourth-order valence-electron chi connectivity index (χ4n) is 2.36. The van der Waals surface area contributed by atoms with Gasteiger partial charge in [0.15, 0.2) is 0 Å². The van der Waals surface area contributed by atoms with E-state index in [9.17, 15) is 8.42 Å². The second kappa shape index (κ2) is 7.23. The lowest BCUT2D eigenvalue weighted by molar-refractivity contribution is 0.372. The van der Waals surface area contributed by atoms with Gasteiger partial charge in [-0.1, -0.05) is 38.1 Å². The summed E-state index contributed by atoms with van der Waals surface area (Å²) >= 11 is 0. The van der Waals surface area contributed by atoms with Crippen molar-refractivity contribution in [2.24, 2.45) is 5.92 Å². The Morgan fingerprint density at radius 2 is 1.87 bits per heavy atom. The Morgan fingerprint density at radius 1 is 1.17 bits per heavy atom. The molecule has 0 radical (unpaired) electrons. The van der Waals surface area contributed by atoms with E-state index in [-0.39, 0.29) is 11.7 Å².